The smallest absolute Gasteiger partial charge is 0.223 e. The van der Waals surface area contributed by atoms with Crippen LogP contribution < -0.4 is 0 Å². The maximum atomic E-state index is 15.2. The highest BCUT2D eigenvalue weighted by Crippen LogP contribution is 2.60. The van der Waals surface area contributed by atoms with E-state index in [1.54, 1.807) is 4.31 Å². The van der Waals surface area contributed by atoms with Crippen molar-refractivity contribution in [1.82, 2.24) is 4.31 Å². The zero-order valence-corrected chi connectivity index (χ0v) is 13.8. The number of alkyl halides is 2. The van der Waals surface area contributed by atoms with Crippen molar-refractivity contribution in [2.75, 3.05) is 0 Å². The zero-order chi connectivity index (χ0) is 15.6. The summed E-state index contributed by atoms with van der Waals surface area (Å²) < 4.78 is 56.2. The third-order valence-electron chi connectivity index (χ3n) is 6.82. The van der Waals surface area contributed by atoms with Crippen molar-refractivity contribution in [2.45, 2.75) is 99.3 Å². The summed E-state index contributed by atoms with van der Waals surface area (Å²) in [5.41, 5.74) is -2.14. The Kier molecular flexibility index (Phi) is 3.40. The number of nitrogens with zero attached hydrogens (tertiary/aromatic N) is 1. The second-order valence-electron chi connectivity index (χ2n) is 7.72. The maximum Gasteiger partial charge on any atom is 0.223 e. The Morgan fingerprint density at radius 3 is 1.64 bits per heavy atom. The van der Waals surface area contributed by atoms with Crippen LogP contribution in [0, 0.1) is 0 Å². The van der Waals surface area contributed by atoms with E-state index >= 15 is 4.39 Å². The summed E-state index contributed by atoms with van der Waals surface area (Å²) in [6.45, 7) is 0. The summed E-state index contributed by atoms with van der Waals surface area (Å²) in [5, 5.41) is 0. The van der Waals surface area contributed by atoms with Crippen molar-refractivity contribution >= 4 is 10.0 Å². The molecule has 0 bridgehead atoms. The Balaban J connectivity index is 1.71. The maximum absolute atomic E-state index is 15.2. The van der Waals surface area contributed by atoms with Gasteiger partial charge in [-0.1, -0.05) is 12.8 Å². The van der Waals surface area contributed by atoms with Crippen molar-refractivity contribution in [3.63, 3.8) is 0 Å². The Morgan fingerprint density at radius 2 is 1.41 bits per heavy atom. The molecule has 0 aromatic rings. The number of hydrogen-bond donors (Lipinski definition) is 0. The Hall–Kier alpha value is -0.230. The van der Waals surface area contributed by atoms with Crippen LogP contribution in [0.15, 0.2) is 0 Å². The van der Waals surface area contributed by atoms with Crippen LogP contribution in [-0.2, 0) is 10.0 Å². The van der Waals surface area contributed by atoms with E-state index in [1.807, 2.05) is 0 Å². The number of rotatable bonds is 5. The lowest BCUT2D eigenvalue weighted by molar-refractivity contribution is -0.0942. The molecule has 0 heterocycles. The van der Waals surface area contributed by atoms with E-state index in [9.17, 15) is 12.8 Å². The molecule has 126 valence electrons. The molecule has 4 aliphatic carbocycles. The minimum atomic E-state index is -3.78. The highest BCUT2D eigenvalue weighted by Gasteiger charge is 2.72. The van der Waals surface area contributed by atoms with Crippen LogP contribution in [0.4, 0.5) is 8.78 Å². The van der Waals surface area contributed by atoms with Gasteiger partial charge in [0.1, 0.15) is 10.9 Å². The van der Waals surface area contributed by atoms with E-state index in [-0.39, 0.29) is 24.9 Å². The molecule has 0 amide bonds. The van der Waals surface area contributed by atoms with Crippen LogP contribution in [0.3, 0.4) is 0 Å². The molecule has 3 nitrogen and oxygen atoms in total. The van der Waals surface area contributed by atoms with Crippen LogP contribution >= 0.6 is 0 Å². The first-order valence-corrected chi connectivity index (χ1v) is 10.2. The van der Waals surface area contributed by atoms with E-state index in [0.29, 0.717) is 19.3 Å². The summed E-state index contributed by atoms with van der Waals surface area (Å²) in [4.78, 5) is 0. The molecule has 2 atom stereocenters. The van der Waals surface area contributed by atoms with Crippen LogP contribution in [0.25, 0.3) is 0 Å². The molecular weight excluding hydrogens is 308 g/mol. The third-order valence-corrected chi connectivity index (χ3v) is 9.70. The summed E-state index contributed by atoms with van der Waals surface area (Å²) in [7, 11) is -3.78. The van der Waals surface area contributed by atoms with Crippen LogP contribution in [0.5, 0.6) is 0 Å². The van der Waals surface area contributed by atoms with E-state index in [0.717, 1.165) is 38.5 Å². The number of hydrogen-bond acceptors (Lipinski definition) is 2. The van der Waals surface area contributed by atoms with Crippen LogP contribution in [-0.4, -0.2) is 41.4 Å². The molecular formula is C16H25F2NO2S. The highest BCUT2D eigenvalue weighted by molar-refractivity contribution is 7.90. The van der Waals surface area contributed by atoms with Crippen molar-refractivity contribution in [3.8, 4) is 0 Å². The molecule has 0 spiro atoms. The van der Waals surface area contributed by atoms with Gasteiger partial charge in [-0.2, -0.15) is 4.31 Å². The van der Waals surface area contributed by atoms with Gasteiger partial charge in [-0.05, 0) is 57.8 Å². The molecule has 6 heteroatoms. The van der Waals surface area contributed by atoms with Gasteiger partial charge in [0, 0.05) is 12.1 Å². The molecule has 0 aromatic carbocycles. The van der Waals surface area contributed by atoms with Crippen molar-refractivity contribution in [2.24, 2.45) is 0 Å². The minimum Gasteiger partial charge on any atom is -0.244 e. The lowest BCUT2D eigenvalue weighted by Crippen LogP contribution is -2.73. The van der Waals surface area contributed by atoms with Gasteiger partial charge in [0.15, 0.2) is 5.67 Å². The summed E-state index contributed by atoms with van der Waals surface area (Å²) in [6.07, 6.45) is 5.52. The topological polar surface area (TPSA) is 37.4 Å². The average Bonchev–Trinajstić information content (AvgIpc) is 2.30. The molecule has 22 heavy (non-hydrogen) atoms. The van der Waals surface area contributed by atoms with E-state index < -0.39 is 26.6 Å². The van der Waals surface area contributed by atoms with Gasteiger partial charge in [0.05, 0.1) is 0 Å². The molecule has 0 radical (unpaired) electrons. The zero-order valence-electron chi connectivity index (χ0n) is 12.9. The summed E-state index contributed by atoms with van der Waals surface area (Å²) in [5.74, 6) is 0. The van der Waals surface area contributed by atoms with Gasteiger partial charge < -0.3 is 0 Å². The van der Waals surface area contributed by atoms with Crippen LogP contribution in [0.2, 0.25) is 0 Å². The average molecular weight is 333 g/mol. The second-order valence-corrected chi connectivity index (χ2v) is 9.87. The van der Waals surface area contributed by atoms with Gasteiger partial charge in [0.2, 0.25) is 10.0 Å². The fraction of sp³-hybridized carbons (Fsp3) is 1.00. The molecule has 4 fully saturated rings. The van der Waals surface area contributed by atoms with Gasteiger partial charge in [0.25, 0.3) is 0 Å². The van der Waals surface area contributed by atoms with Gasteiger partial charge in [-0.25, -0.2) is 17.2 Å². The fourth-order valence-corrected chi connectivity index (χ4v) is 7.65. The quantitative estimate of drug-likeness (QED) is 0.772. The number of halogens is 2. The van der Waals surface area contributed by atoms with Gasteiger partial charge in [-0.15, -0.1) is 0 Å². The normalized spacial score (nSPS) is 38.8. The third kappa shape index (κ3) is 1.71. The van der Waals surface area contributed by atoms with Gasteiger partial charge in [-0.3, -0.25) is 0 Å². The highest BCUT2D eigenvalue weighted by atomic mass is 32.2. The Morgan fingerprint density at radius 1 is 0.864 bits per heavy atom. The predicted octanol–water partition coefficient (Wildman–Crippen LogP) is 3.49. The van der Waals surface area contributed by atoms with Gasteiger partial charge >= 0.3 is 0 Å². The minimum absolute atomic E-state index is 0.0366. The lowest BCUT2D eigenvalue weighted by atomic mass is 9.62. The van der Waals surface area contributed by atoms with Crippen molar-refractivity contribution in [3.05, 3.63) is 0 Å². The molecule has 0 saturated heterocycles. The van der Waals surface area contributed by atoms with Crippen molar-refractivity contribution < 1.29 is 17.2 Å². The summed E-state index contributed by atoms with van der Waals surface area (Å²) >= 11 is 0. The first-order chi connectivity index (χ1) is 10.4. The first-order valence-electron chi connectivity index (χ1n) is 8.78. The SMILES string of the molecule is O=S(=O)(N(C1CCC1)C1CCC1)C1(C2(F)CCC2F)CCC1. The van der Waals surface area contributed by atoms with Crippen molar-refractivity contribution in [1.29, 1.82) is 0 Å². The molecule has 4 aliphatic rings. The van der Waals surface area contributed by atoms with E-state index in [2.05, 4.69) is 0 Å². The van der Waals surface area contributed by atoms with E-state index in [4.69, 9.17) is 0 Å². The monoisotopic (exact) mass is 333 g/mol. The molecule has 4 rings (SSSR count). The summed E-state index contributed by atoms with van der Waals surface area (Å²) in [6, 6.07) is 0.0732. The van der Waals surface area contributed by atoms with E-state index in [1.165, 1.54) is 0 Å². The predicted molar refractivity (Wildman–Crippen MR) is 80.6 cm³/mol. The standard InChI is InChI=1S/C16H25F2NO2S/c17-14-8-11-16(14,18)15(9-3-10-15)22(20,21)19(12-4-1-5-12)13-6-2-7-13/h12-14H,1-11H2. The Bertz CT molecular complexity index is 540. The molecule has 4 saturated carbocycles. The largest absolute Gasteiger partial charge is 0.244 e. The number of sulfonamides is 1. The lowest BCUT2D eigenvalue weighted by Gasteiger charge is -2.59. The molecule has 0 aromatic heterocycles. The first kappa shape index (κ1) is 15.3. The van der Waals surface area contributed by atoms with Crippen LogP contribution in [0.1, 0.15) is 70.6 Å². The molecule has 0 aliphatic heterocycles. The fourth-order valence-electron chi connectivity index (χ4n) is 4.58. The Labute approximate surface area is 131 Å². The molecule has 0 N–H and O–H groups in total. The molecule has 2 unspecified atom stereocenters. The second kappa shape index (κ2) is 4.88.